The van der Waals surface area contributed by atoms with E-state index in [4.69, 9.17) is 4.74 Å². The molecule has 3 aromatic rings. The zero-order valence-corrected chi connectivity index (χ0v) is 15.4. The fourth-order valence-electron chi connectivity index (χ4n) is 2.53. The quantitative estimate of drug-likeness (QED) is 0.519. The molecule has 5 heteroatoms. The molecule has 0 unspecified atom stereocenters. The minimum absolute atomic E-state index is 0.363. The van der Waals surface area contributed by atoms with Crippen LogP contribution in [-0.2, 0) is 4.79 Å². The van der Waals surface area contributed by atoms with Crippen LogP contribution in [0.1, 0.15) is 21.5 Å². The van der Waals surface area contributed by atoms with Crippen LogP contribution in [0.15, 0.2) is 84.9 Å². The molecule has 0 aliphatic rings. The van der Waals surface area contributed by atoms with E-state index in [1.165, 1.54) is 6.08 Å². The van der Waals surface area contributed by atoms with Crippen molar-refractivity contribution in [3.63, 3.8) is 0 Å². The third-order valence-corrected chi connectivity index (χ3v) is 3.95. The predicted molar refractivity (Wildman–Crippen MR) is 109 cm³/mol. The first kappa shape index (κ1) is 18.9. The van der Waals surface area contributed by atoms with E-state index in [1.807, 2.05) is 73.7 Å². The minimum atomic E-state index is -0.434. The molecule has 0 aromatic heterocycles. The molecule has 0 aliphatic carbocycles. The van der Waals surface area contributed by atoms with E-state index < -0.39 is 5.91 Å². The highest BCUT2D eigenvalue weighted by molar-refractivity contribution is 5.98. The molecule has 3 rings (SSSR count). The standard InChI is InChI=1S/C23H20N2O3/c1-17-8-5-6-13-21(17)23(27)25-24-22(26)15-14-18-9-7-12-20(16-18)28-19-10-3-2-4-11-19/h2-16H,1H3,(H,24,26)(H,25,27)/b15-14+. The number of nitrogens with one attached hydrogen (secondary N) is 2. The Morgan fingerprint density at radius 1 is 0.821 bits per heavy atom. The minimum Gasteiger partial charge on any atom is -0.457 e. The molecule has 0 fully saturated rings. The second-order valence-corrected chi connectivity index (χ2v) is 6.08. The summed E-state index contributed by atoms with van der Waals surface area (Å²) in [6.07, 6.45) is 2.99. The van der Waals surface area contributed by atoms with Crippen LogP contribution in [-0.4, -0.2) is 11.8 Å². The van der Waals surface area contributed by atoms with Gasteiger partial charge in [-0.05, 0) is 54.5 Å². The highest BCUT2D eigenvalue weighted by Crippen LogP contribution is 2.22. The number of hydrogen-bond donors (Lipinski definition) is 2. The molecular formula is C23H20N2O3. The lowest BCUT2D eigenvalue weighted by Gasteiger charge is -2.07. The summed E-state index contributed by atoms with van der Waals surface area (Å²) in [5, 5.41) is 0. The first-order chi connectivity index (χ1) is 13.6. The summed E-state index contributed by atoms with van der Waals surface area (Å²) in [5.41, 5.74) is 6.93. The molecule has 3 aromatic carbocycles. The summed E-state index contributed by atoms with van der Waals surface area (Å²) in [6.45, 7) is 1.83. The number of rotatable bonds is 5. The number of para-hydroxylation sites is 1. The normalized spacial score (nSPS) is 10.5. The highest BCUT2D eigenvalue weighted by Gasteiger charge is 2.08. The molecule has 0 radical (unpaired) electrons. The largest absolute Gasteiger partial charge is 0.457 e. The lowest BCUT2D eigenvalue weighted by Crippen LogP contribution is -2.41. The van der Waals surface area contributed by atoms with Gasteiger partial charge in [-0.15, -0.1) is 0 Å². The van der Waals surface area contributed by atoms with Crippen molar-refractivity contribution in [2.75, 3.05) is 0 Å². The van der Waals surface area contributed by atoms with Crippen LogP contribution in [0.2, 0.25) is 0 Å². The number of amides is 2. The van der Waals surface area contributed by atoms with Gasteiger partial charge in [-0.25, -0.2) is 0 Å². The fourth-order valence-corrected chi connectivity index (χ4v) is 2.53. The number of ether oxygens (including phenoxy) is 1. The van der Waals surface area contributed by atoms with Crippen molar-refractivity contribution in [2.24, 2.45) is 0 Å². The average Bonchev–Trinajstić information content (AvgIpc) is 2.72. The van der Waals surface area contributed by atoms with Crippen molar-refractivity contribution in [3.05, 3.63) is 102 Å². The van der Waals surface area contributed by atoms with Crippen molar-refractivity contribution in [2.45, 2.75) is 6.92 Å². The summed E-state index contributed by atoms with van der Waals surface area (Å²) in [4.78, 5) is 24.1. The number of hydrazine groups is 1. The smallest absolute Gasteiger partial charge is 0.269 e. The van der Waals surface area contributed by atoms with Gasteiger partial charge in [0.1, 0.15) is 11.5 Å². The SMILES string of the molecule is Cc1ccccc1C(=O)NNC(=O)/C=C/c1cccc(Oc2ccccc2)c1. The van der Waals surface area contributed by atoms with Crippen molar-refractivity contribution in [1.29, 1.82) is 0 Å². The van der Waals surface area contributed by atoms with E-state index in [1.54, 1.807) is 18.2 Å². The van der Waals surface area contributed by atoms with Crippen molar-refractivity contribution >= 4 is 17.9 Å². The molecule has 2 amide bonds. The molecule has 5 nitrogen and oxygen atoms in total. The van der Waals surface area contributed by atoms with Gasteiger partial charge in [0.25, 0.3) is 11.8 Å². The molecule has 0 saturated carbocycles. The van der Waals surface area contributed by atoms with Gasteiger partial charge in [0.2, 0.25) is 0 Å². The fraction of sp³-hybridized carbons (Fsp3) is 0.0435. The molecule has 0 bridgehead atoms. The number of carbonyl (C=O) groups excluding carboxylic acids is 2. The lowest BCUT2D eigenvalue weighted by molar-refractivity contribution is -0.117. The van der Waals surface area contributed by atoms with E-state index in [-0.39, 0.29) is 5.91 Å². The Kier molecular flexibility index (Phi) is 6.21. The van der Waals surface area contributed by atoms with Crippen LogP contribution in [0.4, 0.5) is 0 Å². The molecule has 28 heavy (non-hydrogen) atoms. The Bertz CT molecular complexity index is 997. The van der Waals surface area contributed by atoms with E-state index >= 15 is 0 Å². The van der Waals surface area contributed by atoms with Gasteiger partial charge < -0.3 is 4.74 Å². The molecule has 0 saturated heterocycles. The molecule has 0 aliphatic heterocycles. The van der Waals surface area contributed by atoms with Crippen LogP contribution in [0, 0.1) is 6.92 Å². The Morgan fingerprint density at radius 3 is 2.32 bits per heavy atom. The van der Waals surface area contributed by atoms with E-state index in [0.717, 1.165) is 16.9 Å². The number of aryl methyl sites for hydroxylation is 1. The van der Waals surface area contributed by atoms with E-state index in [0.29, 0.717) is 11.3 Å². The van der Waals surface area contributed by atoms with Gasteiger partial charge in [0.05, 0.1) is 0 Å². The predicted octanol–water partition coefficient (Wildman–Crippen LogP) is 4.26. The topological polar surface area (TPSA) is 67.4 Å². The summed E-state index contributed by atoms with van der Waals surface area (Å²) in [5.74, 6) is 0.608. The summed E-state index contributed by atoms with van der Waals surface area (Å²) >= 11 is 0. The third-order valence-electron chi connectivity index (χ3n) is 3.95. The maximum absolute atomic E-state index is 12.1. The van der Waals surface area contributed by atoms with Crippen molar-refractivity contribution in [1.82, 2.24) is 10.9 Å². The van der Waals surface area contributed by atoms with Gasteiger partial charge in [0.15, 0.2) is 0 Å². The molecule has 2 N–H and O–H groups in total. The van der Waals surface area contributed by atoms with Crippen LogP contribution in [0.3, 0.4) is 0 Å². The number of benzene rings is 3. The molecular weight excluding hydrogens is 352 g/mol. The molecule has 140 valence electrons. The Labute approximate surface area is 163 Å². The molecule has 0 spiro atoms. The van der Waals surface area contributed by atoms with Gasteiger partial charge in [0, 0.05) is 11.6 Å². The Balaban J connectivity index is 1.56. The second-order valence-electron chi connectivity index (χ2n) is 6.08. The zero-order chi connectivity index (χ0) is 19.8. The Hall–Kier alpha value is -3.86. The summed E-state index contributed by atoms with van der Waals surface area (Å²) < 4.78 is 5.77. The first-order valence-electron chi connectivity index (χ1n) is 8.79. The third kappa shape index (κ3) is 5.32. The number of hydrogen-bond acceptors (Lipinski definition) is 3. The molecule has 0 atom stereocenters. The van der Waals surface area contributed by atoms with Gasteiger partial charge in [-0.2, -0.15) is 0 Å². The monoisotopic (exact) mass is 372 g/mol. The summed E-state index contributed by atoms with van der Waals surface area (Å²) in [6, 6.07) is 24.0. The lowest BCUT2D eigenvalue weighted by atomic mass is 10.1. The van der Waals surface area contributed by atoms with Crippen molar-refractivity contribution in [3.8, 4) is 11.5 Å². The van der Waals surface area contributed by atoms with Crippen LogP contribution < -0.4 is 15.6 Å². The maximum Gasteiger partial charge on any atom is 0.269 e. The van der Waals surface area contributed by atoms with Gasteiger partial charge >= 0.3 is 0 Å². The highest BCUT2D eigenvalue weighted by atomic mass is 16.5. The Morgan fingerprint density at radius 2 is 1.54 bits per heavy atom. The van der Waals surface area contributed by atoms with Crippen LogP contribution in [0.25, 0.3) is 6.08 Å². The first-order valence-corrected chi connectivity index (χ1v) is 8.79. The van der Waals surface area contributed by atoms with Crippen LogP contribution >= 0.6 is 0 Å². The van der Waals surface area contributed by atoms with Gasteiger partial charge in [-0.3, -0.25) is 20.4 Å². The zero-order valence-electron chi connectivity index (χ0n) is 15.4. The number of carbonyl (C=O) groups is 2. The van der Waals surface area contributed by atoms with Gasteiger partial charge in [-0.1, -0.05) is 48.5 Å². The summed E-state index contributed by atoms with van der Waals surface area (Å²) in [7, 11) is 0. The molecule has 0 heterocycles. The van der Waals surface area contributed by atoms with Crippen LogP contribution in [0.5, 0.6) is 11.5 Å². The van der Waals surface area contributed by atoms with E-state index in [2.05, 4.69) is 10.9 Å². The second kappa shape index (κ2) is 9.19. The maximum atomic E-state index is 12.1. The average molecular weight is 372 g/mol. The van der Waals surface area contributed by atoms with E-state index in [9.17, 15) is 9.59 Å². The van der Waals surface area contributed by atoms with Crippen molar-refractivity contribution < 1.29 is 14.3 Å².